The molecule has 2 aliphatic rings. The molecule has 2 rings (SSSR count). The lowest BCUT2D eigenvalue weighted by molar-refractivity contribution is -0.128. The second kappa shape index (κ2) is 2.71. The Morgan fingerprint density at radius 1 is 1.38 bits per heavy atom. The summed E-state index contributed by atoms with van der Waals surface area (Å²) in [5.41, 5.74) is 5.49. The van der Waals surface area contributed by atoms with Crippen molar-refractivity contribution in [1.29, 1.82) is 0 Å². The molecule has 13 heavy (non-hydrogen) atoms. The molecule has 0 aromatic heterocycles. The average Bonchev–Trinajstić information content (AvgIpc) is 2.81. The van der Waals surface area contributed by atoms with Gasteiger partial charge in [0.1, 0.15) is 0 Å². The number of carbonyl (C=O) groups is 1. The van der Waals surface area contributed by atoms with Crippen LogP contribution < -0.4 is 11.1 Å². The highest BCUT2D eigenvalue weighted by Gasteiger charge is 2.50. The van der Waals surface area contributed by atoms with Crippen molar-refractivity contribution in [3.05, 3.63) is 0 Å². The Bertz CT molecular complexity index is 229. The molecule has 0 saturated heterocycles. The Labute approximate surface area is 79.1 Å². The van der Waals surface area contributed by atoms with Gasteiger partial charge in [0.15, 0.2) is 0 Å². The zero-order valence-electron chi connectivity index (χ0n) is 8.23. The summed E-state index contributed by atoms with van der Waals surface area (Å²) < 4.78 is 0. The highest BCUT2D eigenvalue weighted by molar-refractivity contribution is 5.86. The molecular formula is C10H18N2O. The molecule has 2 aliphatic carbocycles. The van der Waals surface area contributed by atoms with Gasteiger partial charge in [-0.15, -0.1) is 0 Å². The molecule has 0 aromatic rings. The first-order valence-corrected chi connectivity index (χ1v) is 5.13. The molecule has 0 radical (unpaired) electrons. The second-order valence-electron chi connectivity index (χ2n) is 4.85. The smallest absolute Gasteiger partial charge is 0.227 e. The van der Waals surface area contributed by atoms with Crippen LogP contribution in [0.5, 0.6) is 0 Å². The third-order valence-electron chi connectivity index (χ3n) is 3.60. The van der Waals surface area contributed by atoms with Gasteiger partial charge in [-0.25, -0.2) is 0 Å². The molecule has 3 heteroatoms. The molecule has 74 valence electrons. The van der Waals surface area contributed by atoms with Crippen molar-refractivity contribution in [3.63, 3.8) is 0 Å². The van der Waals surface area contributed by atoms with Gasteiger partial charge in [-0.2, -0.15) is 0 Å². The van der Waals surface area contributed by atoms with E-state index in [1.54, 1.807) is 0 Å². The van der Waals surface area contributed by atoms with Crippen molar-refractivity contribution in [1.82, 2.24) is 5.32 Å². The zero-order valence-corrected chi connectivity index (χ0v) is 8.23. The van der Waals surface area contributed by atoms with Crippen molar-refractivity contribution in [3.8, 4) is 0 Å². The summed E-state index contributed by atoms with van der Waals surface area (Å²) in [6.45, 7) is 2.63. The lowest BCUT2D eigenvalue weighted by Gasteiger charge is -2.40. The quantitative estimate of drug-likeness (QED) is 0.678. The maximum atomic E-state index is 11.8. The fourth-order valence-corrected chi connectivity index (χ4v) is 1.91. The van der Waals surface area contributed by atoms with Crippen LogP contribution in [0.3, 0.4) is 0 Å². The number of hydrogen-bond donors (Lipinski definition) is 2. The standard InChI is InChI=1S/C10H18N2O/c1-9(3-2-4-9)12-8(13)10(7-11)5-6-10/h2-7,11H2,1H3,(H,12,13). The highest BCUT2D eigenvalue weighted by Crippen LogP contribution is 2.45. The first-order chi connectivity index (χ1) is 6.10. The van der Waals surface area contributed by atoms with Crippen molar-refractivity contribution in [2.45, 2.75) is 44.6 Å². The number of amides is 1. The monoisotopic (exact) mass is 182 g/mol. The minimum Gasteiger partial charge on any atom is -0.350 e. The number of nitrogens with one attached hydrogen (secondary N) is 1. The van der Waals surface area contributed by atoms with E-state index in [0.717, 1.165) is 25.7 Å². The molecule has 0 bridgehead atoms. The Morgan fingerprint density at radius 2 is 2.00 bits per heavy atom. The van der Waals surface area contributed by atoms with Crippen LogP contribution in [0.4, 0.5) is 0 Å². The van der Waals surface area contributed by atoms with E-state index < -0.39 is 0 Å². The van der Waals surface area contributed by atoms with Gasteiger partial charge in [0.25, 0.3) is 0 Å². The van der Waals surface area contributed by atoms with E-state index in [9.17, 15) is 4.79 Å². The molecule has 0 atom stereocenters. The minimum atomic E-state index is -0.182. The van der Waals surface area contributed by atoms with Gasteiger partial charge in [-0.05, 0) is 39.0 Å². The van der Waals surface area contributed by atoms with Crippen molar-refractivity contribution < 1.29 is 4.79 Å². The molecule has 3 N–H and O–H groups in total. The average molecular weight is 182 g/mol. The summed E-state index contributed by atoms with van der Waals surface area (Å²) in [4.78, 5) is 11.8. The summed E-state index contributed by atoms with van der Waals surface area (Å²) in [6, 6.07) is 0. The van der Waals surface area contributed by atoms with Gasteiger partial charge in [0.05, 0.1) is 5.41 Å². The van der Waals surface area contributed by atoms with Crippen LogP contribution in [0.1, 0.15) is 39.0 Å². The maximum absolute atomic E-state index is 11.8. The van der Waals surface area contributed by atoms with Crippen molar-refractivity contribution >= 4 is 5.91 Å². The fraction of sp³-hybridized carbons (Fsp3) is 0.900. The van der Waals surface area contributed by atoms with Crippen LogP contribution in [0.2, 0.25) is 0 Å². The number of hydrogen-bond acceptors (Lipinski definition) is 2. The molecule has 0 spiro atoms. The molecule has 0 aliphatic heterocycles. The maximum Gasteiger partial charge on any atom is 0.227 e. The van der Waals surface area contributed by atoms with Gasteiger partial charge in [-0.3, -0.25) is 4.79 Å². The summed E-state index contributed by atoms with van der Waals surface area (Å²) in [5.74, 6) is 0.192. The summed E-state index contributed by atoms with van der Waals surface area (Å²) in [7, 11) is 0. The van der Waals surface area contributed by atoms with Crippen LogP contribution in [0.25, 0.3) is 0 Å². The van der Waals surface area contributed by atoms with Gasteiger partial charge in [0.2, 0.25) is 5.91 Å². The first kappa shape index (κ1) is 9.00. The Kier molecular flexibility index (Phi) is 1.88. The summed E-state index contributed by atoms with van der Waals surface area (Å²) in [5, 5.41) is 3.13. The molecule has 2 fully saturated rings. The topological polar surface area (TPSA) is 55.1 Å². The minimum absolute atomic E-state index is 0.0852. The number of nitrogens with two attached hydrogens (primary N) is 1. The molecule has 1 amide bonds. The fourth-order valence-electron chi connectivity index (χ4n) is 1.91. The lowest BCUT2D eigenvalue weighted by atomic mass is 9.78. The van der Waals surface area contributed by atoms with E-state index in [1.165, 1.54) is 6.42 Å². The molecule has 3 nitrogen and oxygen atoms in total. The van der Waals surface area contributed by atoms with E-state index in [4.69, 9.17) is 5.73 Å². The summed E-state index contributed by atoms with van der Waals surface area (Å²) in [6.07, 6.45) is 5.45. The van der Waals surface area contributed by atoms with Crippen molar-refractivity contribution in [2.24, 2.45) is 11.1 Å². The SMILES string of the molecule is CC1(NC(=O)C2(CN)CC2)CCC1. The largest absolute Gasteiger partial charge is 0.350 e. The Balaban J connectivity index is 1.91. The first-order valence-electron chi connectivity index (χ1n) is 5.13. The van der Waals surface area contributed by atoms with Gasteiger partial charge >= 0.3 is 0 Å². The summed E-state index contributed by atoms with van der Waals surface area (Å²) >= 11 is 0. The Morgan fingerprint density at radius 3 is 2.31 bits per heavy atom. The molecular weight excluding hydrogens is 164 g/mol. The molecule has 0 heterocycles. The highest BCUT2D eigenvalue weighted by atomic mass is 16.2. The van der Waals surface area contributed by atoms with Crippen LogP contribution in [0.15, 0.2) is 0 Å². The van der Waals surface area contributed by atoms with Crippen molar-refractivity contribution in [2.75, 3.05) is 6.54 Å². The predicted octanol–water partition coefficient (Wildman–Crippen LogP) is 0.784. The van der Waals surface area contributed by atoms with Crippen LogP contribution in [-0.2, 0) is 4.79 Å². The van der Waals surface area contributed by atoms with Gasteiger partial charge in [0, 0.05) is 12.1 Å². The lowest BCUT2D eigenvalue weighted by Crippen LogP contribution is -2.54. The number of carbonyl (C=O) groups excluding carboxylic acids is 1. The van der Waals surface area contributed by atoms with Crippen LogP contribution in [-0.4, -0.2) is 18.0 Å². The van der Waals surface area contributed by atoms with E-state index in [2.05, 4.69) is 12.2 Å². The predicted molar refractivity (Wildman–Crippen MR) is 51.1 cm³/mol. The second-order valence-corrected chi connectivity index (χ2v) is 4.85. The van der Waals surface area contributed by atoms with Gasteiger partial charge < -0.3 is 11.1 Å². The van der Waals surface area contributed by atoms with E-state index in [-0.39, 0.29) is 16.9 Å². The third-order valence-corrected chi connectivity index (χ3v) is 3.60. The zero-order chi connectivity index (χ0) is 9.53. The van der Waals surface area contributed by atoms with Crippen LogP contribution >= 0.6 is 0 Å². The van der Waals surface area contributed by atoms with Gasteiger partial charge in [-0.1, -0.05) is 0 Å². The molecule has 2 saturated carbocycles. The normalized spacial score (nSPS) is 27.5. The van der Waals surface area contributed by atoms with Crippen LogP contribution in [0, 0.1) is 5.41 Å². The van der Waals surface area contributed by atoms with E-state index in [1.807, 2.05) is 0 Å². The third kappa shape index (κ3) is 1.46. The molecule has 0 unspecified atom stereocenters. The number of rotatable bonds is 3. The van der Waals surface area contributed by atoms with E-state index in [0.29, 0.717) is 6.54 Å². The Hall–Kier alpha value is -0.570. The molecule has 0 aromatic carbocycles. The van der Waals surface area contributed by atoms with E-state index >= 15 is 0 Å².